The van der Waals surface area contributed by atoms with Gasteiger partial charge in [-0.1, -0.05) is 0 Å². The van der Waals surface area contributed by atoms with Gasteiger partial charge in [0.25, 0.3) is 0 Å². The highest BCUT2D eigenvalue weighted by Gasteiger charge is 2.47. The molecule has 11 heavy (non-hydrogen) atoms. The quantitative estimate of drug-likeness (QED) is 0.601. The lowest BCUT2D eigenvalue weighted by Gasteiger charge is -2.28. The highest BCUT2D eigenvalue weighted by atomic mass is 16.4. The van der Waals surface area contributed by atoms with Crippen molar-refractivity contribution in [2.24, 2.45) is 5.92 Å². The van der Waals surface area contributed by atoms with Crippen molar-refractivity contribution in [3.63, 3.8) is 0 Å². The molecule has 3 heteroatoms. The normalized spacial score (nSPS) is 43.2. The van der Waals surface area contributed by atoms with Gasteiger partial charge in [0.15, 0.2) is 0 Å². The monoisotopic (exact) mass is 155 g/mol. The fourth-order valence-electron chi connectivity index (χ4n) is 2.58. The number of aliphatic carboxylic acids is 1. The van der Waals surface area contributed by atoms with Crippen molar-refractivity contribution in [2.75, 3.05) is 7.05 Å². The lowest BCUT2D eigenvalue weighted by molar-refractivity contribution is -0.144. The summed E-state index contributed by atoms with van der Waals surface area (Å²) in [6.07, 6.45) is 3.42. The Kier molecular flexibility index (Phi) is 1.42. The van der Waals surface area contributed by atoms with Crippen LogP contribution in [0.2, 0.25) is 0 Å². The molecule has 0 amide bonds. The molecule has 2 aliphatic rings. The first-order chi connectivity index (χ1) is 5.20. The second kappa shape index (κ2) is 2.21. The van der Waals surface area contributed by atoms with Crippen LogP contribution >= 0.6 is 0 Å². The number of fused-ring (bicyclic) bond motifs is 2. The highest BCUT2D eigenvalue weighted by Crippen LogP contribution is 2.41. The van der Waals surface area contributed by atoms with E-state index in [-0.39, 0.29) is 6.04 Å². The molecule has 2 rings (SSSR count). The molecule has 0 spiro atoms. The molecule has 2 bridgehead atoms. The van der Waals surface area contributed by atoms with Crippen molar-refractivity contribution in [1.82, 2.24) is 4.90 Å². The number of hydrogen-bond donors (Lipinski definition) is 1. The Hall–Kier alpha value is -0.570. The van der Waals surface area contributed by atoms with E-state index in [1.54, 1.807) is 0 Å². The fourth-order valence-corrected chi connectivity index (χ4v) is 2.58. The van der Waals surface area contributed by atoms with Gasteiger partial charge in [-0.2, -0.15) is 0 Å². The van der Waals surface area contributed by atoms with Gasteiger partial charge in [0.05, 0.1) is 0 Å². The summed E-state index contributed by atoms with van der Waals surface area (Å²) in [6, 6.07) is 0.370. The Morgan fingerprint density at radius 1 is 1.55 bits per heavy atom. The Morgan fingerprint density at radius 2 is 2.27 bits per heavy atom. The summed E-state index contributed by atoms with van der Waals surface area (Å²) in [5.74, 6) is -0.206. The third-order valence-corrected chi connectivity index (χ3v) is 3.16. The number of nitrogens with zero attached hydrogens (tertiary/aromatic N) is 1. The lowest BCUT2D eigenvalue weighted by Crippen LogP contribution is -2.42. The molecule has 1 aliphatic carbocycles. The number of carbonyl (C=O) groups is 1. The number of rotatable bonds is 1. The topological polar surface area (TPSA) is 40.5 Å². The van der Waals surface area contributed by atoms with Crippen molar-refractivity contribution < 1.29 is 9.90 Å². The van der Waals surface area contributed by atoms with Crippen LogP contribution in [0.15, 0.2) is 0 Å². The number of hydrogen-bond acceptors (Lipinski definition) is 2. The van der Waals surface area contributed by atoms with Crippen molar-refractivity contribution in [1.29, 1.82) is 0 Å². The van der Waals surface area contributed by atoms with Crippen LogP contribution in [-0.4, -0.2) is 35.1 Å². The van der Waals surface area contributed by atoms with E-state index in [4.69, 9.17) is 5.11 Å². The van der Waals surface area contributed by atoms with E-state index in [0.29, 0.717) is 12.0 Å². The molecule has 1 heterocycles. The van der Waals surface area contributed by atoms with Gasteiger partial charge in [0.1, 0.15) is 6.04 Å². The number of likely N-dealkylation sites (tertiary alicyclic amines) is 1. The molecule has 0 radical (unpaired) electrons. The van der Waals surface area contributed by atoms with Gasteiger partial charge in [-0.15, -0.1) is 0 Å². The standard InChI is InChI=1S/C8H13NO2/c1-9-6-3-2-5(4-6)7(9)8(10)11/h5-7H,2-4H2,1H3,(H,10,11)/t5-,6+,7-/m0/s1. The van der Waals surface area contributed by atoms with Gasteiger partial charge in [-0.25, -0.2) is 0 Å². The van der Waals surface area contributed by atoms with Crippen LogP contribution in [0.1, 0.15) is 19.3 Å². The van der Waals surface area contributed by atoms with Gasteiger partial charge >= 0.3 is 5.97 Å². The third kappa shape index (κ3) is 0.872. The van der Waals surface area contributed by atoms with Gasteiger partial charge in [0.2, 0.25) is 0 Å². The predicted molar refractivity (Wildman–Crippen MR) is 40.3 cm³/mol. The predicted octanol–water partition coefficient (Wildman–Crippen LogP) is 0.554. The van der Waals surface area contributed by atoms with Crippen molar-refractivity contribution in [3.8, 4) is 0 Å². The summed E-state index contributed by atoms with van der Waals surface area (Å²) >= 11 is 0. The summed E-state index contributed by atoms with van der Waals surface area (Å²) < 4.78 is 0. The Morgan fingerprint density at radius 3 is 2.64 bits per heavy atom. The maximum absolute atomic E-state index is 10.8. The largest absolute Gasteiger partial charge is 0.480 e. The van der Waals surface area contributed by atoms with Crippen LogP contribution in [0.5, 0.6) is 0 Å². The first-order valence-corrected chi connectivity index (χ1v) is 4.15. The number of piperidine rings is 1. The van der Waals surface area contributed by atoms with Crippen molar-refractivity contribution in [3.05, 3.63) is 0 Å². The Labute approximate surface area is 66.0 Å². The van der Waals surface area contributed by atoms with Crippen molar-refractivity contribution in [2.45, 2.75) is 31.3 Å². The summed E-state index contributed by atoms with van der Waals surface area (Å²) in [6.45, 7) is 0. The Balaban J connectivity index is 2.17. The molecule has 1 N–H and O–H groups in total. The van der Waals surface area contributed by atoms with Crippen LogP contribution in [0.3, 0.4) is 0 Å². The van der Waals surface area contributed by atoms with Gasteiger partial charge in [-0.3, -0.25) is 9.69 Å². The first kappa shape index (κ1) is 7.10. The zero-order valence-electron chi connectivity index (χ0n) is 6.66. The molecule has 3 nitrogen and oxygen atoms in total. The summed E-state index contributed by atoms with van der Waals surface area (Å²) in [5, 5.41) is 8.86. The number of carboxylic acid groups (broad SMARTS) is 1. The minimum absolute atomic E-state index is 0.186. The van der Waals surface area contributed by atoms with E-state index >= 15 is 0 Å². The maximum atomic E-state index is 10.8. The molecule has 0 aromatic heterocycles. The molecule has 3 atom stereocenters. The zero-order valence-corrected chi connectivity index (χ0v) is 6.66. The van der Waals surface area contributed by atoms with E-state index in [1.165, 1.54) is 6.42 Å². The summed E-state index contributed by atoms with van der Waals surface area (Å²) in [5.41, 5.74) is 0. The summed E-state index contributed by atoms with van der Waals surface area (Å²) in [4.78, 5) is 12.8. The molecule has 0 aromatic carbocycles. The van der Waals surface area contributed by atoms with E-state index in [0.717, 1.165) is 12.8 Å². The number of likely N-dealkylation sites (N-methyl/N-ethyl adjacent to an activating group) is 1. The smallest absolute Gasteiger partial charge is 0.321 e. The van der Waals surface area contributed by atoms with Crippen LogP contribution in [-0.2, 0) is 4.79 Å². The number of carboxylic acids is 1. The van der Waals surface area contributed by atoms with Gasteiger partial charge in [-0.05, 0) is 32.2 Å². The van der Waals surface area contributed by atoms with Crippen molar-refractivity contribution >= 4 is 5.97 Å². The minimum atomic E-state index is -0.639. The van der Waals surface area contributed by atoms with Gasteiger partial charge in [0, 0.05) is 6.04 Å². The average Bonchev–Trinajstić information content (AvgIpc) is 2.44. The Bertz CT molecular complexity index is 191. The second-order valence-corrected chi connectivity index (χ2v) is 3.68. The zero-order chi connectivity index (χ0) is 8.01. The lowest BCUT2D eigenvalue weighted by atomic mass is 9.99. The molecule has 1 aliphatic heterocycles. The molecule has 0 unspecified atom stereocenters. The molecular weight excluding hydrogens is 142 g/mol. The SMILES string of the molecule is CN1[C@@H]2CC[C@@H](C2)[C@H]1C(=O)O. The van der Waals surface area contributed by atoms with E-state index < -0.39 is 5.97 Å². The molecule has 2 fully saturated rings. The van der Waals surface area contributed by atoms with E-state index in [1.807, 2.05) is 11.9 Å². The van der Waals surface area contributed by atoms with Crippen LogP contribution in [0, 0.1) is 5.92 Å². The third-order valence-electron chi connectivity index (χ3n) is 3.16. The minimum Gasteiger partial charge on any atom is -0.480 e. The van der Waals surface area contributed by atoms with Gasteiger partial charge < -0.3 is 5.11 Å². The molecule has 0 aromatic rings. The fraction of sp³-hybridized carbons (Fsp3) is 0.875. The van der Waals surface area contributed by atoms with E-state index in [9.17, 15) is 4.79 Å². The van der Waals surface area contributed by atoms with Crippen LogP contribution < -0.4 is 0 Å². The van der Waals surface area contributed by atoms with Crippen LogP contribution in [0.25, 0.3) is 0 Å². The van der Waals surface area contributed by atoms with E-state index in [2.05, 4.69) is 0 Å². The molecular formula is C8H13NO2. The van der Waals surface area contributed by atoms with Crippen LogP contribution in [0.4, 0.5) is 0 Å². The second-order valence-electron chi connectivity index (χ2n) is 3.68. The molecule has 1 saturated heterocycles. The highest BCUT2D eigenvalue weighted by molar-refractivity contribution is 5.74. The summed E-state index contributed by atoms with van der Waals surface area (Å²) in [7, 11) is 1.93. The first-order valence-electron chi connectivity index (χ1n) is 4.15. The molecule has 1 saturated carbocycles. The maximum Gasteiger partial charge on any atom is 0.321 e. The average molecular weight is 155 g/mol. The molecule has 62 valence electrons.